The standard InChI is InChI=1S/C16H12/c1-2-6-12-11(5-1)13-7-3-9-15(13)16-10-4-8-14(12)16/h1-7,10H,8-9H2. The summed E-state index contributed by atoms with van der Waals surface area (Å²) in [6.07, 6.45) is 11.4. The number of fused-ring (bicyclic) bond motifs is 6. The largest absolute Gasteiger partial charge is 0.0795 e. The van der Waals surface area contributed by atoms with E-state index in [0.717, 1.165) is 12.8 Å². The highest BCUT2D eigenvalue weighted by Crippen LogP contribution is 2.38. The van der Waals surface area contributed by atoms with Crippen LogP contribution in [0.1, 0.15) is 22.3 Å². The summed E-state index contributed by atoms with van der Waals surface area (Å²) in [6, 6.07) is 8.80. The van der Waals surface area contributed by atoms with Crippen molar-refractivity contribution in [3.05, 3.63) is 58.7 Å². The molecule has 0 bridgehead atoms. The highest BCUT2D eigenvalue weighted by Gasteiger charge is 2.19. The zero-order valence-corrected chi connectivity index (χ0v) is 9.03. The first-order chi connectivity index (χ1) is 7.95. The van der Waals surface area contributed by atoms with Gasteiger partial charge in [0.15, 0.2) is 0 Å². The third-order valence-electron chi connectivity index (χ3n) is 3.73. The average Bonchev–Trinajstić information content (AvgIpc) is 2.98. The lowest BCUT2D eigenvalue weighted by molar-refractivity contribution is 1.26. The molecule has 0 radical (unpaired) electrons. The second kappa shape index (κ2) is 2.85. The van der Waals surface area contributed by atoms with Gasteiger partial charge in [-0.05, 0) is 45.9 Å². The van der Waals surface area contributed by atoms with E-state index in [-0.39, 0.29) is 0 Å². The van der Waals surface area contributed by atoms with Gasteiger partial charge in [-0.2, -0.15) is 0 Å². The Balaban J connectivity index is 2.27. The monoisotopic (exact) mass is 204 g/mol. The molecule has 0 heterocycles. The third kappa shape index (κ3) is 0.898. The van der Waals surface area contributed by atoms with Gasteiger partial charge in [0.25, 0.3) is 0 Å². The summed E-state index contributed by atoms with van der Waals surface area (Å²) < 4.78 is 0. The summed E-state index contributed by atoms with van der Waals surface area (Å²) >= 11 is 0. The van der Waals surface area contributed by atoms with Gasteiger partial charge in [-0.3, -0.25) is 0 Å². The predicted octanol–water partition coefficient (Wildman–Crippen LogP) is 3.98. The van der Waals surface area contributed by atoms with E-state index in [4.69, 9.17) is 0 Å². The fourth-order valence-corrected chi connectivity index (χ4v) is 3.04. The van der Waals surface area contributed by atoms with Crippen molar-refractivity contribution in [2.75, 3.05) is 0 Å². The van der Waals surface area contributed by atoms with E-state index >= 15 is 0 Å². The summed E-state index contributed by atoms with van der Waals surface area (Å²) in [7, 11) is 0. The minimum absolute atomic E-state index is 1.10. The van der Waals surface area contributed by atoms with Crippen LogP contribution in [0.15, 0.2) is 36.4 Å². The highest BCUT2D eigenvalue weighted by molar-refractivity contribution is 5.99. The van der Waals surface area contributed by atoms with E-state index in [2.05, 4.69) is 48.6 Å². The Morgan fingerprint density at radius 2 is 1.38 bits per heavy atom. The number of benzene rings is 2. The number of rotatable bonds is 0. The van der Waals surface area contributed by atoms with Crippen molar-refractivity contribution in [1.82, 2.24) is 0 Å². The molecular weight excluding hydrogens is 192 g/mol. The molecule has 0 atom stereocenters. The van der Waals surface area contributed by atoms with Crippen LogP contribution >= 0.6 is 0 Å². The molecule has 0 spiro atoms. The Labute approximate surface area is 94.9 Å². The van der Waals surface area contributed by atoms with Gasteiger partial charge in [-0.15, -0.1) is 0 Å². The number of hydrogen-bond acceptors (Lipinski definition) is 0. The molecule has 0 amide bonds. The SMILES string of the molecule is C1=Cc2c(c3c(c4ccccc24)CC=C3)C1. The van der Waals surface area contributed by atoms with Gasteiger partial charge in [-0.1, -0.05) is 48.6 Å². The molecule has 0 aromatic heterocycles. The molecule has 0 unspecified atom stereocenters. The minimum Gasteiger partial charge on any atom is -0.0795 e. The van der Waals surface area contributed by atoms with Crippen LogP contribution in [-0.2, 0) is 12.8 Å². The maximum Gasteiger partial charge on any atom is -0.00819 e. The number of allylic oxidation sites excluding steroid dienone is 2. The Hall–Kier alpha value is -1.82. The molecule has 76 valence electrons. The van der Waals surface area contributed by atoms with Crippen LogP contribution in [0.3, 0.4) is 0 Å². The maximum absolute atomic E-state index is 2.30. The molecule has 2 aromatic rings. The number of hydrogen-bond donors (Lipinski definition) is 0. The van der Waals surface area contributed by atoms with E-state index in [1.54, 1.807) is 0 Å². The van der Waals surface area contributed by atoms with Crippen molar-refractivity contribution in [3.63, 3.8) is 0 Å². The average molecular weight is 204 g/mol. The molecule has 0 fully saturated rings. The molecule has 0 nitrogen and oxygen atoms in total. The van der Waals surface area contributed by atoms with Crippen molar-refractivity contribution >= 4 is 22.9 Å². The molecule has 16 heavy (non-hydrogen) atoms. The Morgan fingerprint density at radius 3 is 2.25 bits per heavy atom. The Bertz CT molecular complexity index is 657. The fraction of sp³-hybridized carbons (Fsp3) is 0.125. The highest BCUT2D eigenvalue weighted by atomic mass is 14.2. The van der Waals surface area contributed by atoms with E-state index in [0.29, 0.717) is 0 Å². The lowest BCUT2D eigenvalue weighted by Crippen LogP contribution is -1.94. The summed E-state index contributed by atoms with van der Waals surface area (Å²) in [5.74, 6) is 0. The van der Waals surface area contributed by atoms with Crippen LogP contribution in [0.2, 0.25) is 0 Å². The summed E-state index contributed by atoms with van der Waals surface area (Å²) in [6.45, 7) is 0. The Morgan fingerprint density at radius 1 is 0.688 bits per heavy atom. The normalized spacial score (nSPS) is 15.8. The van der Waals surface area contributed by atoms with Crippen molar-refractivity contribution in [1.29, 1.82) is 0 Å². The summed E-state index contributed by atoms with van der Waals surface area (Å²) in [4.78, 5) is 0. The van der Waals surface area contributed by atoms with Crippen LogP contribution in [0.5, 0.6) is 0 Å². The molecule has 0 aliphatic heterocycles. The van der Waals surface area contributed by atoms with Crippen molar-refractivity contribution in [2.24, 2.45) is 0 Å². The first kappa shape index (κ1) is 8.35. The van der Waals surface area contributed by atoms with Gasteiger partial charge in [0.05, 0.1) is 0 Å². The predicted molar refractivity (Wildman–Crippen MR) is 69.4 cm³/mol. The topological polar surface area (TPSA) is 0 Å². The lowest BCUT2D eigenvalue weighted by atomic mass is 9.91. The quantitative estimate of drug-likeness (QED) is 0.609. The Kier molecular flexibility index (Phi) is 1.49. The van der Waals surface area contributed by atoms with E-state index in [1.165, 1.54) is 33.0 Å². The zero-order valence-electron chi connectivity index (χ0n) is 9.03. The van der Waals surface area contributed by atoms with Crippen LogP contribution in [0.25, 0.3) is 22.9 Å². The third-order valence-corrected chi connectivity index (χ3v) is 3.73. The molecular formula is C16H12. The minimum atomic E-state index is 1.10. The lowest BCUT2D eigenvalue weighted by Gasteiger charge is -2.12. The second-order valence-corrected chi connectivity index (χ2v) is 4.54. The van der Waals surface area contributed by atoms with Gasteiger partial charge in [-0.25, -0.2) is 0 Å². The van der Waals surface area contributed by atoms with Crippen molar-refractivity contribution < 1.29 is 0 Å². The smallest absolute Gasteiger partial charge is 0.00819 e. The molecule has 4 rings (SSSR count). The van der Waals surface area contributed by atoms with E-state index < -0.39 is 0 Å². The fourth-order valence-electron chi connectivity index (χ4n) is 3.04. The molecule has 2 aliphatic rings. The molecule has 2 aromatic carbocycles. The molecule has 0 N–H and O–H groups in total. The molecule has 0 saturated heterocycles. The van der Waals surface area contributed by atoms with Crippen molar-refractivity contribution in [2.45, 2.75) is 12.8 Å². The van der Waals surface area contributed by atoms with Crippen molar-refractivity contribution in [3.8, 4) is 0 Å². The van der Waals surface area contributed by atoms with Crippen LogP contribution in [0.4, 0.5) is 0 Å². The van der Waals surface area contributed by atoms with E-state index in [9.17, 15) is 0 Å². The van der Waals surface area contributed by atoms with Gasteiger partial charge in [0, 0.05) is 0 Å². The molecule has 0 heteroatoms. The summed E-state index contributed by atoms with van der Waals surface area (Å²) in [5, 5.41) is 2.86. The van der Waals surface area contributed by atoms with Gasteiger partial charge < -0.3 is 0 Å². The van der Waals surface area contributed by atoms with Crippen LogP contribution in [0, 0.1) is 0 Å². The molecule has 0 saturated carbocycles. The molecule has 2 aliphatic carbocycles. The zero-order chi connectivity index (χ0) is 10.5. The van der Waals surface area contributed by atoms with E-state index in [1.807, 2.05) is 0 Å². The van der Waals surface area contributed by atoms with Crippen LogP contribution < -0.4 is 0 Å². The van der Waals surface area contributed by atoms with Gasteiger partial charge in [0.2, 0.25) is 0 Å². The van der Waals surface area contributed by atoms with Gasteiger partial charge >= 0.3 is 0 Å². The van der Waals surface area contributed by atoms with Crippen LogP contribution in [-0.4, -0.2) is 0 Å². The maximum atomic E-state index is 2.30. The first-order valence-electron chi connectivity index (χ1n) is 5.84. The first-order valence-corrected chi connectivity index (χ1v) is 5.84. The second-order valence-electron chi connectivity index (χ2n) is 4.54. The summed E-state index contributed by atoms with van der Waals surface area (Å²) in [5.41, 5.74) is 5.99. The van der Waals surface area contributed by atoms with Gasteiger partial charge in [0.1, 0.15) is 0 Å².